The van der Waals surface area contributed by atoms with Crippen molar-refractivity contribution in [3.05, 3.63) is 12.2 Å². The van der Waals surface area contributed by atoms with Crippen LogP contribution in [0.15, 0.2) is 12.2 Å². The molecule has 9 heteroatoms. The fraction of sp³-hybridized carbons (Fsp3) is 0.600. The van der Waals surface area contributed by atoms with E-state index in [9.17, 15) is 27.2 Å². The summed E-state index contributed by atoms with van der Waals surface area (Å²) in [7, 11) is 0. The quantitative estimate of drug-likeness (QED) is 0.524. The summed E-state index contributed by atoms with van der Waals surface area (Å²) in [5.74, 6) is -6.12. The summed E-state index contributed by atoms with van der Waals surface area (Å²) in [6, 6.07) is -1.68. The van der Waals surface area contributed by atoms with Gasteiger partial charge in [-0.15, -0.1) is 0 Å². The van der Waals surface area contributed by atoms with Crippen molar-refractivity contribution < 1.29 is 32.3 Å². The predicted octanol–water partition coefficient (Wildman–Crippen LogP) is 1.22. The minimum Gasteiger partial charge on any atom is -0.481 e. The highest BCUT2D eigenvalue weighted by atomic mass is 19.3. The van der Waals surface area contributed by atoms with Crippen molar-refractivity contribution >= 4 is 12.0 Å². The van der Waals surface area contributed by atoms with Crippen LogP contribution in [0, 0.1) is 5.92 Å². The summed E-state index contributed by atoms with van der Waals surface area (Å²) >= 11 is 0. The lowest BCUT2D eigenvalue weighted by atomic mass is 10.1. The van der Waals surface area contributed by atoms with E-state index in [0.717, 1.165) is 0 Å². The maximum absolute atomic E-state index is 12.5. The lowest BCUT2D eigenvalue weighted by Crippen LogP contribution is -2.47. The fourth-order valence-electron chi connectivity index (χ4n) is 1.48. The number of hydrogen-bond donors (Lipinski definition) is 3. The predicted molar refractivity (Wildman–Crippen MR) is 56.2 cm³/mol. The van der Waals surface area contributed by atoms with Crippen molar-refractivity contribution in [3.63, 3.8) is 0 Å². The topological polar surface area (TPSA) is 78.4 Å². The molecule has 0 saturated heterocycles. The van der Waals surface area contributed by atoms with E-state index in [-0.39, 0.29) is 6.42 Å². The molecule has 0 aromatic carbocycles. The van der Waals surface area contributed by atoms with Gasteiger partial charge in [-0.3, -0.25) is 4.79 Å². The van der Waals surface area contributed by atoms with Gasteiger partial charge in [0.05, 0.1) is 18.5 Å². The number of rotatable bonds is 5. The number of carboxylic acids is 1. The van der Waals surface area contributed by atoms with Gasteiger partial charge in [0.1, 0.15) is 0 Å². The Morgan fingerprint density at radius 2 is 2.00 bits per heavy atom. The molecule has 1 rings (SSSR count). The third-order valence-corrected chi connectivity index (χ3v) is 2.52. The Balaban J connectivity index is 2.34. The highest BCUT2D eigenvalue weighted by Crippen LogP contribution is 2.21. The maximum Gasteiger partial charge on any atom is 0.324 e. The number of urea groups is 1. The molecule has 108 valence electrons. The van der Waals surface area contributed by atoms with Crippen LogP contribution in [0.4, 0.5) is 22.4 Å². The van der Waals surface area contributed by atoms with Gasteiger partial charge in [0.25, 0.3) is 0 Å². The Bertz CT molecular complexity index is 387. The third kappa shape index (κ3) is 4.42. The third-order valence-electron chi connectivity index (χ3n) is 2.52. The number of aliphatic carboxylic acids is 1. The van der Waals surface area contributed by atoms with Crippen molar-refractivity contribution in [2.24, 2.45) is 5.92 Å². The Morgan fingerprint density at radius 3 is 2.47 bits per heavy atom. The second kappa shape index (κ2) is 5.89. The molecule has 0 fully saturated rings. The second-order valence-electron chi connectivity index (χ2n) is 4.06. The fourth-order valence-corrected chi connectivity index (χ4v) is 1.48. The normalized spacial score (nSPS) is 22.6. The molecule has 2 unspecified atom stereocenters. The monoisotopic (exact) mass is 284 g/mol. The van der Waals surface area contributed by atoms with Gasteiger partial charge >= 0.3 is 24.3 Å². The summed E-state index contributed by atoms with van der Waals surface area (Å²) in [4.78, 5) is 21.8. The second-order valence-corrected chi connectivity index (χ2v) is 4.06. The Hall–Kier alpha value is -1.80. The lowest BCUT2D eigenvalue weighted by molar-refractivity contribution is -0.140. The van der Waals surface area contributed by atoms with Crippen LogP contribution in [0.25, 0.3) is 0 Å². The minimum atomic E-state index is -4.30. The molecule has 0 radical (unpaired) electrons. The van der Waals surface area contributed by atoms with Gasteiger partial charge in [-0.05, 0) is 6.42 Å². The smallest absolute Gasteiger partial charge is 0.324 e. The zero-order chi connectivity index (χ0) is 14.6. The Morgan fingerprint density at radius 1 is 1.37 bits per heavy atom. The van der Waals surface area contributed by atoms with Crippen LogP contribution < -0.4 is 10.6 Å². The Labute approximate surface area is 105 Å². The summed E-state index contributed by atoms with van der Waals surface area (Å²) in [5.41, 5.74) is 0. The molecule has 1 aliphatic rings. The molecule has 0 aromatic rings. The summed E-state index contributed by atoms with van der Waals surface area (Å²) in [6.07, 6.45) is -1.01. The molecule has 0 spiro atoms. The SMILES string of the molecule is O=C(NCC(F)(F)C(F)F)NC1C=CC(C(=O)O)C1. The first-order valence-corrected chi connectivity index (χ1v) is 5.34. The van der Waals surface area contributed by atoms with Crippen molar-refractivity contribution in [2.45, 2.75) is 24.8 Å². The molecule has 0 aromatic heterocycles. The number of carboxylic acid groups (broad SMARTS) is 1. The van der Waals surface area contributed by atoms with Gasteiger partial charge < -0.3 is 15.7 Å². The van der Waals surface area contributed by atoms with Gasteiger partial charge in [-0.2, -0.15) is 8.78 Å². The standard InChI is InChI=1S/C10H12F4N2O3/c11-8(12)10(13,14)4-15-9(19)16-6-2-1-5(3-6)7(17)18/h1-2,5-6,8H,3-4H2,(H,17,18)(H2,15,16,19). The molecule has 5 nitrogen and oxygen atoms in total. The Kier molecular flexibility index (Phi) is 4.73. The van der Waals surface area contributed by atoms with Crippen LogP contribution in [0.2, 0.25) is 0 Å². The molecule has 0 aliphatic heterocycles. The number of amides is 2. The van der Waals surface area contributed by atoms with E-state index < -0.39 is 42.9 Å². The van der Waals surface area contributed by atoms with Crippen LogP contribution in [0.1, 0.15) is 6.42 Å². The zero-order valence-electron chi connectivity index (χ0n) is 9.58. The molecule has 0 bridgehead atoms. The van der Waals surface area contributed by atoms with Crippen molar-refractivity contribution in [3.8, 4) is 0 Å². The van der Waals surface area contributed by atoms with Crippen LogP contribution >= 0.6 is 0 Å². The van der Waals surface area contributed by atoms with Gasteiger partial charge in [0.15, 0.2) is 0 Å². The summed E-state index contributed by atoms with van der Waals surface area (Å²) in [5, 5.41) is 12.5. The van der Waals surface area contributed by atoms with Crippen molar-refractivity contribution in [1.29, 1.82) is 0 Å². The van der Waals surface area contributed by atoms with Gasteiger partial charge in [-0.25, -0.2) is 13.6 Å². The first-order chi connectivity index (χ1) is 8.72. The minimum absolute atomic E-state index is 0.0913. The highest BCUT2D eigenvalue weighted by molar-refractivity contribution is 5.76. The van der Waals surface area contributed by atoms with Crippen molar-refractivity contribution in [2.75, 3.05) is 6.54 Å². The average molecular weight is 284 g/mol. The molecule has 2 amide bonds. The number of halogens is 4. The number of hydrogen-bond acceptors (Lipinski definition) is 2. The van der Waals surface area contributed by atoms with Crippen molar-refractivity contribution in [1.82, 2.24) is 10.6 Å². The molecular formula is C10H12F4N2O3. The zero-order valence-corrected chi connectivity index (χ0v) is 9.58. The first-order valence-electron chi connectivity index (χ1n) is 5.34. The van der Waals surface area contributed by atoms with E-state index in [1.165, 1.54) is 12.2 Å². The van der Waals surface area contributed by atoms with Crippen LogP contribution in [-0.4, -0.2) is 42.0 Å². The molecular weight excluding hydrogens is 272 g/mol. The van der Waals surface area contributed by atoms with Crippen LogP contribution in [-0.2, 0) is 4.79 Å². The van der Waals surface area contributed by atoms with Gasteiger partial charge in [0.2, 0.25) is 0 Å². The van der Waals surface area contributed by atoms with Crippen LogP contribution in [0.5, 0.6) is 0 Å². The maximum atomic E-state index is 12.5. The number of carbonyl (C=O) groups is 2. The molecule has 3 N–H and O–H groups in total. The molecule has 1 aliphatic carbocycles. The molecule has 2 atom stereocenters. The molecule has 19 heavy (non-hydrogen) atoms. The van der Waals surface area contributed by atoms with E-state index in [1.807, 2.05) is 0 Å². The largest absolute Gasteiger partial charge is 0.481 e. The average Bonchev–Trinajstić information content (AvgIpc) is 2.75. The highest BCUT2D eigenvalue weighted by Gasteiger charge is 2.41. The van der Waals surface area contributed by atoms with Crippen LogP contribution in [0.3, 0.4) is 0 Å². The van der Waals surface area contributed by atoms with E-state index in [4.69, 9.17) is 5.11 Å². The van der Waals surface area contributed by atoms with E-state index in [1.54, 1.807) is 5.32 Å². The molecule has 0 saturated carbocycles. The van der Waals surface area contributed by atoms with E-state index in [0.29, 0.717) is 0 Å². The molecule has 0 heterocycles. The lowest BCUT2D eigenvalue weighted by Gasteiger charge is -2.17. The number of alkyl halides is 4. The van der Waals surface area contributed by atoms with Gasteiger partial charge in [0, 0.05) is 0 Å². The van der Waals surface area contributed by atoms with E-state index >= 15 is 0 Å². The number of carbonyl (C=O) groups excluding carboxylic acids is 1. The summed E-state index contributed by atoms with van der Waals surface area (Å²) < 4.78 is 48.6. The number of nitrogens with one attached hydrogen (secondary N) is 2. The first kappa shape index (κ1) is 15.3. The van der Waals surface area contributed by atoms with Gasteiger partial charge in [-0.1, -0.05) is 12.2 Å². The van der Waals surface area contributed by atoms with E-state index in [2.05, 4.69) is 5.32 Å². The summed E-state index contributed by atoms with van der Waals surface area (Å²) in [6.45, 7) is -1.49.